The van der Waals surface area contributed by atoms with E-state index in [-0.39, 0.29) is 24.1 Å². The number of carbonyl (C=O) groups excluding carboxylic acids is 1. The van der Waals surface area contributed by atoms with Crippen LogP contribution in [0.4, 0.5) is 13.2 Å². The Balaban J connectivity index is 0.00000338. The van der Waals surface area contributed by atoms with E-state index in [1.54, 1.807) is 24.1 Å². The van der Waals surface area contributed by atoms with Gasteiger partial charge < -0.3 is 15.0 Å². The molecule has 1 fully saturated rings. The second-order valence-electron chi connectivity index (χ2n) is 6.73. The molecule has 0 spiro atoms. The minimum Gasteiger partial charge on any atom is -0.406 e. The van der Waals surface area contributed by atoms with Crippen molar-refractivity contribution in [2.24, 2.45) is 11.8 Å². The molecule has 0 aliphatic carbocycles. The van der Waals surface area contributed by atoms with Gasteiger partial charge in [-0.05, 0) is 55.5 Å². The molecule has 1 amide bonds. The summed E-state index contributed by atoms with van der Waals surface area (Å²) in [6.45, 7) is 4.47. The maximum atomic E-state index is 12.4. The Morgan fingerprint density at radius 3 is 2.54 bits per heavy atom. The van der Waals surface area contributed by atoms with Gasteiger partial charge >= 0.3 is 6.36 Å². The van der Waals surface area contributed by atoms with E-state index in [0.717, 1.165) is 31.5 Å². The van der Waals surface area contributed by atoms with Gasteiger partial charge in [0.05, 0.1) is 0 Å². The zero-order valence-electron chi connectivity index (χ0n) is 15.0. The molecule has 2 rings (SSSR count). The summed E-state index contributed by atoms with van der Waals surface area (Å²) in [5.41, 5.74) is 0.761. The summed E-state index contributed by atoms with van der Waals surface area (Å²) < 4.78 is 40.3. The van der Waals surface area contributed by atoms with Crippen LogP contribution in [0.15, 0.2) is 24.3 Å². The van der Waals surface area contributed by atoms with Gasteiger partial charge in [0.1, 0.15) is 5.75 Å². The second-order valence-corrected chi connectivity index (χ2v) is 6.73. The average Bonchev–Trinajstić information content (AvgIpc) is 2.56. The summed E-state index contributed by atoms with van der Waals surface area (Å²) in [6.07, 6.45) is -1.92. The Bertz CT molecular complexity index is 561. The quantitative estimate of drug-likeness (QED) is 0.793. The molecule has 1 N–H and O–H groups in total. The van der Waals surface area contributed by atoms with Crippen LogP contribution < -0.4 is 10.1 Å². The summed E-state index contributed by atoms with van der Waals surface area (Å²) in [6, 6.07) is 5.60. The molecule has 1 aliphatic rings. The highest BCUT2D eigenvalue weighted by molar-refractivity contribution is 5.85. The van der Waals surface area contributed by atoms with Gasteiger partial charge in [0, 0.05) is 20.0 Å². The molecule has 148 valence electrons. The summed E-state index contributed by atoms with van der Waals surface area (Å²) in [7, 11) is 1.72. The molecular formula is C18H26ClF3N2O2. The van der Waals surface area contributed by atoms with Gasteiger partial charge in [-0.15, -0.1) is 25.6 Å². The van der Waals surface area contributed by atoms with Crippen molar-refractivity contribution in [2.45, 2.75) is 39.1 Å². The average molecular weight is 395 g/mol. The number of rotatable bonds is 6. The molecule has 0 aromatic heterocycles. The Hall–Kier alpha value is -1.47. The number of amides is 1. The van der Waals surface area contributed by atoms with Gasteiger partial charge in [-0.2, -0.15) is 0 Å². The lowest BCUT2D eigenvalue weighted by Gasteiger charge is -2.29. The lowest BCUT2D eigenvalue weighted by Crippen LogP contribution is -2.36. The van der Waals surface area contributed by atoms with E-state index < -0.39 is 6.36 Å². The number of ether oxygens (including phenoxy) is 1. The number of halogens is 4. The summed E-state index contributed by atoms with van der Waals surface area (Å²) in [4.78, 5) is 14.0. The molecular weight excluding hydrogens is 369 g/mol. The van der Waals surface area contributed by atoms with Crippen LogP contribution in [-0.4, -0.2) is 37.3 Å². The third-order valence-corrected chi connectivity index (χ3v) is 4.64. The summed E-state index contributed by atoms with van der Waals surface area (Å²) in [5.74, 6) is 0.618. The van der Waals surface area contributed by atoms with Gasteiger partial charge in [-0.1, -0.05) is 19.1 Å². The van der Waals surface area contributed by atoms with Crippen LogP contribution in [0.3, 0.4) is 0 Å². The fraction of sp³-hybridized carbons (Fsp3) is 0.611. The van der Waals surface area contributed by atoms with Crippen molar-refractivity contribution in [1.29, 1.82) is 0 Å². The Labute approximate surface area is 158 Å². The first-order valence-electron chi connectivity index (χ1n) is 8.54. The van der Waals surface area contributed by atoms with E-state index in [1.165, 1.54) is 12.1 Å². The smallest absolute Gasteiger partial charge is 0.406 e. The first kappa shape index (κ1) is 22.6. The van der Waals surface area contributed by atoms with E-state index in [4.69, 9.17) is 0 Å². The standard InChI is InChI=1S/C18H25F3N2O2.ClH/c1-13(15-4-3-9-22-11-15)10-17(24)23(2)12-14-5-7-16(8-6-14)25-18(19,20)21;/h5-8,13,15,22H,3-4,9-12H2,1-2H3;1H. The van der Waals surface area contributed by atoms with Crippen LogP contribution in [0.25, 0.3) is 0 Å². The Kier molecular flexibility index (Phi) is 8.70. The molecule has 0 radical (unpaired) electrons. The van der Waals surface area contributed by atoms with Gasteiger partial charge in [-0.25, -0.2) is 0 Å². The van der Waals surface area contributed by atoms with Crippen molar-refractivity contribution in [1.82, 2.24) is 10.2 Å². The molecule has 1 aliphatic heterocycles. The number of nitrogens with zero attached hydrogens (tertiary/aromatic N) is 1. The van der Waals surface area contributed by atoms with Crippen LogP contribution in [0, 0.1) is 11.8 Å². The highest BCUT2D eigenvalue weighted by atomic mass is 35.5. The SMILES string of the molecule is CC(CC(=O)N(C)Cc1ccc(OC(F)(F)F)cc1)C1CCCNC1.Cl. The highest BCUT2D eigenvalue weighted by Crippen LogP contribution is 2.24. The van der Waals surface area contributed by atoms with E-state index >= 15 is 0 Å². The normalized spacial score (nSPS) is 18.6. The number of hydrogen-bond acceptors (Lipinski definition) is 3. The third kappa shape index (κ3) is 7.41. The largest absolute Gasteiger partial charge is 0.573 e. The van der Waals surface area contributed by atoms with Gasteiger partial charge in [0.25, 0.3) is 0 Å². The van der Waals surface area contributed by atoms with Gasteiger partial charge in [0.2, 0.25) is 5.91 Å². The minimum atomic E-state index is -4.70. The Morgan fingerprint density at radius 1 is 1.35 bits per heavy atom. The van der Waals surface area contributed by atoms with Crippen LogP contribution >= 0.6 is 12.4 Å². The van der Waals surface area contributed by atoms with E-state index in [9.17, 15) is 18.0 Å². The van der Waals surface area contributed by atoms with Crippen LogP contribution in [-0.2, 0) is 11.3 Å². The lowest BCUT2D eigenvalue weighted by molar-refractivity contribution is -0.274. The second kappa shape index (κ2) is 10.0. The van der Waals surface area contributed by atoms with Crippen LogP contribution in [0.5, 0.6) is 5.75 Å². The highest BCUT2D eigenvalue weighted by Gasteiger charge is 2.31. The zero-order valence-corrected chi connectivity index (χ0v) is 15.8. The number of hydrogen-bond donors (Lipinski definition) is 1. The van der Waals surface area contributed by atoms with Crippen LogP contribution in [0.1, 0.15) is 31.7 Å². The number of nitrogens with one attached hydrogen (secondary N) is 1. The van der Waals surface area contributed by atoms with Crippen molar-refractivity contribution < 1.29 is 22.7 Å². The summed E-state index contributed by atoms with van der Waals surface area (Å²) in [5, 5.41) is 3.36. The van der Waals surface area contributed by atoms with Gasteiger partial charge in [0.15, 0.2) is 0 Å². The third-order valence-electron chi connectivity index (χ3n) is 4.64. The zero-order chi connectivity index (χ0) is 18.4. The molecule has 26 heavy (non-hydrogen) atoms. The minimum absolute atomic E-state index is 0. The summed E-state index contributed by atoms with van der Waals surface area (Å²) >= 11 is 0. The van der Waals surface area contributed by atoms with E-state index in [0.29, 0.717) is 24.8 Å². The molecule has 8 heteroatoms. The number of benzene rings is 1. The molecule has 1 aromatic rings. The predicted octanol–water partition coefficient (Wildman–Crippen LogP) is 3.99. The molecule has 1 aromatic carbocycles. The van der Waals surface area contributed by atoms with Gasteiger partial charge in [-0.3, -0.25) is 4.79 Å². The Morgan fingerprint density at radius 2 is 2.00 bits per heavy atom. The predicted molar refractivity (Wildman–Crippen MR) is 96.2 cm³/mol. The molecule has 0 saturated carbocycles. The van der Waals surface area contributed by atoms with Crippen molar-refractivity contribution in [3.63, 3.8) is 0 Å². The van der Waals surface area contributed by atoms with Crippen molar-refractivity contribution >= 4 is 18.3 Å². The topological polar surface area (TPSA) is 41.6 Å². The number of piperidine rings is 1. The first-order chi connectivity index (χ1) is 11.7. The van der Waals surface area contributed by atoms with Crippen LogP contribution in [0.2, 0.25) is 0 Å². The molecule has 2 unspecified atom stereocenters. The molecule has 4 nitrogen and oxygen atoms in total. The maximum Gasteiger partial charge on any atom is 0.573 e. The number of carbonyl (C=O) groups is 1. The first-order valence-corrected chi connectivity index (χ1v) is 8.54. The fourth-order valence-electron chi connectivity index (χ4n) is 3.12. The van der Waals surface area contributed by atoms with E-state index in [1.807, 2.05) is 0 Å². The van der Waals surface area contributed by atoms with E-state index in [2.05, 4.69) is 17.0 Å². The molecule has 2 atom stereocenters. The van der Waals surface area contributed by atoms with Crippen molar-refractivity contribution in [3.05, 3.63) is 29.8 Å². The fourth-order valence-corrected chi connectivity index (χ4v) is 3.12. The lowest BCUT2D eigenvalue weighted by atomic mass is 9.85. The molecule has 0 bridgehead atoms. The monoisotopic (exact) mass is 394 g/mol. The molecule has 1 heterocycles. The molecule has 1 saturated heterocycles. The maximum absolute atomic E-state index is 12.4. The van der Waals surface area contributed by atoms with Crippen molar-refractivity contribution in [3.8, 4) is 5.75 Å². The van der Waals surface area contributed by atoms with Crippen molar-refractivity contribution in [2.75, 3.05) is 20.1 Å². The number of alkyl halides is 3.